The van der Waals surface area contributed by atoms with Crippen molar-refractivity contribution in [2.24, 2.45) is 16.7 Å². The van der Waals surface area contributed by atoms with E-state index >= 15 is 0 Å². The highest BCUT2D eigenvalue weighted by Crippen LogP contribution is 2.62. The predicted octanol–water partition coefficient (Wildman–Crippen LogP) is 2.48. The Morgan fingerprint density at radius 2 is 1.90 bits per heavy atom. The van der Waals surface area contributed by atoms with E-state index < -0.39 is 0 Å². The summed E-state index contributed by atoms with van der Waals surface area (Å²) in [5, 5.41) is 3.14. The number of pyridine rings is 1. The minimum absolute atomic E-state index is 0.0603. The lowest BCUT2D eigenvalue weighted by molar-refractivity contribution is 0.0943. The Morgan fingerprint density at radius 1 is 1.29 bits per heavy atom. The van der Waals surface area contributed by atoms with Gasteiger partial charge in [-0.25, -0.2) is 10.8 Å². The molecule has 0 spiro atoms. The van der Waals surface area contributed by atoms with Gasteiger partial charge in [-0.15, -0.1) is 0 Å². The topological polar surface area (TPSA) is 80.0 Å². The second-order valence-electron chi connectivity index (χ2n) is 6.98. The molecule has 4 N–H and O–H groups in total. The molecule has 0 saturated heterocycles. The molecule has 5 heteroatoms. The first-order chi connectivity index (χ1) is 9.73. The fraction of sp³-hybridized carbons (Fsp3) is 0.625. The molecule has 21 heavy (non-hydrogen) atoms. The number of aryl methyl sites for hydroxylation is 1. The lowest BCUT2D eigenvalue weighted by atomic mass is 10.0. The van der Waals surface area contributed by atoms with Crippen molar-refractivity contribution in [3.8, 4) is 0 Å². The molecule has 0 aliphatic heterocycles. The molecular formula is C16H26N4O. The van der Waals surface area contributed by atoms with Crippen LogP contribution in [-0.4, -0.2) is 16.9 Å². The lowest BCUT2D eigenvalue weighted by Crippen LogP contribution is -2.30. The first kappa shape index (κ1) is 15.8. The van der Waals surface area contributed by atoms with Gasteiger partial charge >= 0.3 is 0 Å². The summed E-state index contributed by atoms with van der Waals surface area (Å²) in [4.78, 5) is 16.8. The second-order valence-corrected chi connectivity index (χ2v) is 6.98. The molecule has 1 aromatic heterocycles. The molecule has 1 heterocycles. The van der Waals surface area contributed by atoms with Crippen LogP contribution in [0.15, 0.2) is 12.1 Å². The number of hydrogen-bond acceptors (Lipinski definition) is 4. The van der Waals surface area contributed by atoms with Crippen LogP contribution in [0.1, 0.15) is 57.1 Å². The summed E-state index contributed by atoms with van der Waals surface area (Å²) in [6, 6.07) is 3.73. The van der Waals surface area contributed by atoms with E-state index in [2.05, 4.69) is 50.3 Å². The third-order valence-electron chi connectivity index (χ3n) is 5.09. The van der Waals surface area contributed by atoms with Gasteiger partial charge in [-0.05, 0) is 29.4 Å². The van der Waals surface area contributed by atoms with Gasteiger partial charge in [0.05, 0.1) is 0 Å². The van der Waals surface area contributed by atoms with E-state index in [0.29, 0.717) is 11.4 Å². The number of anilines is 1. The predicted molar refractivity (Wildman–Crippen MR) is 84.9 cm³/mol. The fourth-order valence-electron chi connectivity index (χ4n) is 2.95. The van der Waals surface area contributed by atoms with Gasteiger partial charge in [0.1, 0.15) is 5.82 Å². The molecule has 1 saturated carbocycles. The quantitative estimate of drug-likeness (QED) is 0.575. The van der Waals surface area contributed by atoms with E-state index in [9.17, 15) is 4.79 Å². The average molecular weight is 290 g/mol. The first-order valence-electron chi connectivity index (χ1n) is 7.52. The van der Waals surface area contributed by atoms with Crippen LogP contribution in [0.5, 0.6) is 0 Å². The minimum atomic E-state index is -0.0603. The number of nitrogens with one attached hydrogen (secondary N) is 2. The van der Waals surface area contributed by atoms with Crippen LogP contribution >= 0.6 is 0 Å². The number of aromatic nitrogens is 1. The van der Waals surface area contributed by atoms with Crippen molar-refractivity contribution in [2.75, 3.05) is 5.43 Å². The van der Waals surface area contributed by atoms with Gasteiger partial charge in [-0.2, -0.15) is 0 Å². The van der Waals surface area contributed by atoms with Gasteiger partial charge < -0.3 is 10.7 Å². The lowest BCUT2D eigenvalue weighted by Gasteiger charge is -2.10. The van der Waals surface area contributed by atoms with Gasteiger partial charge in [0.2, 0.25) is 0 Å². The summed E-state index contributed by atoms with van der Waals surface area (Å²) < 4.78 is 0. The zero-order valence-corrected chi connectivity index (χ0v) is 13.6. The molecular weight excluding hydrogens is 264 g/mol. The van der Waals surface area contributed by atoms with Crippen LogP contribution in [0.3, 0.4) is 0 Å². The van der Waals surface area contributed by atoms with Crippen LogP contribution < -0.4 is 16.6 Å². The number of carbonyl (C=O) groups is 1. The molecule has 5 nitrogen and oxygen atoms in total. The van der Waals surface area contributed by atoms with Gasteiger partial charge in [-0.3, -0.25) is 4.79 Å². The van der Waals surface area contributed by atoms with Gasteiger partial charge in [0, 0.05) is 17.3 Å². The summed E-state index contributed by atoms with van der Waals surface area (Å²) in [7, 11) is 0. The largest absolute Gasteiger partial charge is 0.348 e. The number of rotatable bonds is 5. The van der Waals surface area contributed by atoms with Crippen LogP contribution in [0.4, 0.5) is 5.82 Å². The summed E-state index contributed by atoms with van der Waals surface area (Å²) in [6.45, 7) is 10.8. The molecule has 1 amide bonds. The SMILES string of the molecule is CCCc1cc(C(=O)NC2C(C)(C)C2(C)C)cc(NN)n1. The number of carbonyl (C=O) groups excluding carboxylic acids is 1. The Bertz CT molecular complexity index is 537. The number of nitrogen functional groups attached to an aromatic ring is 1. The van der Waals surface area contributed by atoms with Crippen LogP contribution in [-0.2, 0) is 6.42 Å². The Hall–Kier alpha value is -1.62. The Kier molecular flexibility index (Phi) is 3.97. The van der Waals surface area contributed by atoms with Crippen molar-refractivity contribution in [3.63, 3.8) is 0 Å². The van der Waals surface area contributed by atoms with Crippen molar-refractivity contribution in [1.82, 2.24) is 10.3 Å². The van der Waals surface area contributed by atoms with E-state index in [0.717, 1.165) is 18.5 Å². The minimum Gasteiger partial charge on any atom is -0.348 e. The maximum atomic E-state index is 12.5. The molecule has 1 aliphatic rings. The van der Waals surface area contributed by atoms with E-state index in [1.54, 1.807) is 6.07 Å². The molecule has 0 unspecified atom stereocenters. The number of nitrogens with two attached hydrogens (primary N) is 1. The van der Waals surface area contributed by atoms with Crippen molar-refractivity contribution >= 4 is 11.7 Å². The standard InChI is InChI=1S/C16H26N4O/c1-6-7-11-8-10(9-12(18-11)20-17)13(21)19-14-15(2,3)16(14,4)5/h8-9,14H,6-7,17H2,1-5H3,(H,18,20)(H,19,21). The number of hydrogen-bond donors (Lipinski definition) is 3. The van der Waals surface area contributed by atoms with E-state index in [-0.39, 0.29) is 22.8 Å². The van der Waals surface area contributed by atoms with E-state index in [1.165, 1.54) is 0 Å². The summed E-state index contributed by atoms with van der Waals surface area (Å²) in [6.07, 6.45) is 1.81. The number of hydrazine groups is 1. The highest BCUT2D eigenvalue weighted by molar-refractivity contribution is 5.95. The molecule has 0 radical (unpaired) electrons. The molecule has 0 bridgehead atoms. The second kappa shape index (κ2) is 5.30. The highest BCUT2D eigenvalue weighted by Gasteiger charge is 2.65. The summed E-state index contributed by atoms with van der Waals surface area (Å²) in [5.74, 6) is 5.91. The summed E-state index contributed by atoms with van der Waals surface area (Å²) in [5.41, 5.74) is 4.27. The first-order valence-corrected chi connectivity index (χ1v) is 7.52. The normalized spacial score (nSPS) is 19.1. The number of amides is 1. The third kappa shape index (κ3) is 2.75. The maximum Gasteiger partial charge on any atom is 0.251 e. The van der Waals surface area contributed by atoms with Crippen molar-refractivity contribution in [3.05, 3.63) is 23.4 Å². The number of nitrogens with zero attached hydrogens (tertiary/aromatic N) is 1. The molecule has 1 aromatic rings. The molecule has 1 aliphatic carbocycles. The van der Waals surface area contributed by atoms with Crippen molar-refractivity contribution in [1.29, 1.82) is 0 Å². The molecule has 0 aromatic carbocycles. The third-order valence-corrected chi connectivity index (χ3v) is 5.09. The monoisotopic (exact) mass is 290 g/mol. The average Bonchev–Trinajstić information content (AvgIpc) is 2.81. The summed E-state index contributed by atoms with van der Waals surface area (Å²) >= 11 is 0. The van der Waals surface area contributed by atoms with Gasteiger partial charge in [-0.1, -0.05) is 41.0 Å². The van der Waals surface area contributed by atoms with Crippen molar-refractivity contribution in [2.45, 2.75) is 53.5 Å². The smallest absolute Gasteiger partial charge is 0.251 e. The Morgan fingerprint density at radius 3 is 2.38 bits per heavy atom. The highest BCUT2D eigenvalue weighted by atomic mass is 16.1. The van der Waals surface area contributed by atoms with E-state index in [4.69, 9.17) is 5.84 Å². The van der Waals surface area contributed by atoms with Gasteiger partial charge in [0.25, 0.3) is 5.91 Å². The molecule has 0 atom stereocenters. The van der Waals surface area contributed by atoms with Crippen LogP contribution in [0.25, 0.3) is 0 Å². The van der Waals surface area contributed by atoms with E-state index in [1.807, 2.05) is 6.07 Å². The van der Waals surface area contributed by atoms with Crippen molar-refractivity contribution < 1.29 is 4.79 Å². The molecule has 116 valence electrons. The van der Waals surface area contributed by atoms with Crippen LogP contribution in [0.2, 0.25) is 0 Å². The Labute approximate surface area is 126 Å². The zero-order chi connectivity index (χ0) is 15.8. The maximum absolute atomic E-state index is 12.5. The zero-order valence-electron chi connectivity index (χ0n) is 13.6. The van der Waals surface area contributed by atoms with Crippen LogP contribution in [0, 0.1) is 10.8 Å². The molecule has 1 fully saturated rings. The molecule has 2 rings (SSSR count). The Balaban J connectivity index is 2.18. The fourth-order valence-corrected chi connectivity index (χ4v) is 2.95. The van der Waals surface area contributed by atoms with Gasteiger partial charge in [0.15, 0.2) is 0 Å².